The van der Waals surface area contributed by atoms with Crippen LogP contribution in [0, 0.1) is 11.3 Å². The smallest absolute Gasteiger partial charge is 0.261 e. The van der Waals surface area contributed by atoms with Gasteiger partial charge < -0.3 is 19.0 Å². The number of benzene rings is 2. The second kappa shape index (κ2) is 10.3. The van der Waals surface area contributed by atoms with E-state index in [1.807, 2.05) is 42.5 Å². The highest BCUT2D eigenvalue weighted by Gasteiger charge is 2.52. The molecule has 1 aliphatic heterocycles. The molecular formula is C25H32N4O4Si. The second-order valence-electron chi connectivity index (χ2n) is 9.89. The summed E-state index contributed by atoms with van der Waals surface area (Å²) in [5, 5.41) is 26.3. The molecule has 4 atom stereocenters. The molecule has 0 aromatic heterocycles. The monoisotopic (exact) mass is 480 g/mol. The fourth-order valence-corrected chi connectivity index (χ4v) is 9.17. The molecule has 9 heteroatoms. The van der Waals surface area contributed by atoms with Crippen LogP contribution in [0.1, 0.15) is 34.6 Å². The van der Waals surface area contributed by atoms with Crippen molar-refractivity contribution in [2.24, 2.45) is 5.11 Å². The Morgan fingerprint density at radius 3 is 2.09 bits per heavy atom. The van der Waals surface area contributed by atoms with Crippen LogP contribution < -0.4 is 10.4 Å². The van der Waals surface area contributed by atoms with Crippen LogP contribution in [0.3, 0.4) is 0 Å². The molecule has 0 saturated carbocycles. The lowest BCUT2D eigenvalue weighted by Gasteiger charge is -2.43. The predicted molar refractivity (Wildman–Crippen MR) is 132 cm³/mol. The van der Waals surface area contributed by atoms with Crippen molar-refractivity contribution in [1.82, 2.24) is 0 Å². The number of azide groups is 1. The Hall–Kier alpha value is -2.70. The van der Waals surface area contributed by atoms with Crippen LogP contribution in [-0.2, 0) is 13.9 Å². The first-order chi connectivity index (χ1) is 16.1. The molecule has 0 bridgehead atoms. The van der Waals surface area contributed by atoms with Crippen molar-refractivity contribution in [3.8, 4) is 6.07 Å². The lowest BCUT2D eigenvalue weighted by atomic mass is 10.0. The summed E-state index contributed by atoms with van der Waals surface area (Å²) < 4.78 is 18.2. The minimum atomic E-state index is -2.91. The molecule has 1 saturated heterocycles. The lowest BCUT2D eigenvalue weighted by Crippen LogP contribution is -2.67. The van der Waals surface area contributed by atoms with Crippen molar-refractivity contribution in [2.75, 3.05) is 6.61 Å². The zero-order chi connectivity index (χ0) is 25.0. The number of rotatable bonds is 8. The van der Waals surface area contributed by atoms with Crippen molar-refractivity contribution < 1.29 is 19.0 Å². The average molecular weight is 481 g/mol. The summed E-state index contributed by atoms with van der Waals surface area (Å²) in [5.74, 6) is -1.04. The number of aliphatic hydroxyl groups is 1. The van der Waals surface area contributed by atoms with Crippen LogP contribution in [0.15, 0.2) is 65.8 Å². The molecule has 0 aliphatic carbocycles. The highest BCUT2D eigenvalue weighted by Crippen LogP contribution is 2.37. The zero-order valence-corrected chi connectivity index (χ0v) is 21.3. The number of nitrogens with zero attached hydrogens (tertiary/aromatic N) is 4. The van der Waals surface area contributed by atoms with Crippen LogP contribution in [0.4, 0.5) is 0 Å². The molecule has 2 aromatic rings. The maximum atomic E-state index is 11.1. The first kappa shape index (κ1) is 25.9. The summed E-state index contributed by atoms with van der Waals surface area (Å²) in [5.41, 5.74) is 9.24. The van der Waals surface area contributed by atoms with Gasteiger partial charge in [-0.15, -0.1) is 0 Å². The van der Waals surface area contributed by atoms with E-state index in [1.165, 1.54) is 0 Å². The molecule has 34 heavy (non-hydrogen) atoms. The molecule has 1 N–H and O–H groups in total. The first-order valence-corrected chi connectivity index (χ1v) is 13.2. The van der Waals surface area contributed by atoms with Crippen LogP contribution >= 0.6 is 0 Å². The molecule has 3 rings (SSSR count). The van der Waals surface area contributed by atoms with Gasteiger partial charge in [0.1, 0.15) is 6.10 Å². The van der Waals surface area contributed by atoms with Gasteiger partial charge in [0.05, 0.1) is 18.2 Å². The summed E-state index contributed by atoms with van der Waals surface area (Å²) in [6.07, 6.45) is -3.26. The van der Waals surface area contributed by atoms with Gasteiger partial charge in [0.15, 0.2) is 11.9 Å². The Bertz CT molecular complexity index is 1010. The number of hydrogen-bond donors (Lipinski definition) is 1. The van der Waals surface area contributed by atoms with Crippen LogP contribution in [0.25, 0.3) is 10.4 Å². The highest BCUT2D eigenvalue weighted by atomic mass is 28.4. The average Bonchev–Trinajstić information content (AvgIpc) is 3.13. The number of aliphatic hydroxyl groups excluding tert-OH is 1. The molecule has 180 valence electrons. The van der Waals surface area contributed by atoms with E-state index in [2.05, 4.69) is 55.1 Å². The minimum Gasteiger partial charge on any atom is -0.407 e. The van der Waals surface area contributed by atoms with Gasteiger partial charge >= 0.3 is 0 Å². The van der Waals surface area contributed by atoms with Gasteiger partial charge in [-0.05, 0) is 34.8 Å². The molecule has 1 fully saturated rings. The minimum absolute atomic E-state index is 0.0447. The molecule has 1 aliphatic rings. The molecule has 8 nitrogen and oxygen atoms in total. The summed E-state index contributed by atoms with van der Waals surface area (Å²) >= 11 is 0. The largest absolute Gasteiger partial charge is 0.407 e. The maximum Gasteiger partial charge on any atom is 0.261 e. The first-order valence-electron chi connectivity index (χ1n) is 11.3. The normalized spacial score (nSPS) is 21.8. The quantitative estimate of drug-likeness (QED) is 0.268. The van der Waals surface area contributed by atoms with Crippen LogP contribution in [0.2, 0.25) is 5.04 Å². The van der Waals surface area contributed by atoms with Gasteiger partial charge in [-0.3, -0.25) is 0 Å². The van der Waals surface area contributed by atoms with Gasteiger partial charge in [0.2, 0.25) is 0 Å². The van der Waals surface area contributed by atoms with Gasteiger partial charge in [0.25, 0.3) is 8.32 Å². The fourth-order valence-electron chi connectivity index (χ4n) is 4.60. The van der Waals surface area contributed by atoms with Crippen molar-refractivity contribution in [1.29, 1.82) is 5.26 Å². The second-order valence-corrected chi connectivity index (χ2v) is 14.2. The Kier molecular flexibility index (Phi) is 7.83. The van der Waals surface area contributed by atoms with Gasteiger partial charge in [-0.1, -0.05) is 86.5 Å². The Labute approximate surface area is 201 Å². The Morgan fingerprint density at radius 1 is 1.12 bits per heavy atom. The third kappa shape index (κ3) is 5.18. The molecule has 0 radical (unpaired) electrons. The Morgan fingerprint density at radius 2 is 1.65 bits per heavy atom. The van der Waals surface area contributed by atoms with Gasteiger partial charge in [-0.25, -0.2) is 0 Å². The van der Waals surface area contributed by atoms with E-state index in [0.717, 1.165) is 10.4 Å². The van der Waals surface area contributed by atoms with Crippen LogP contribution in [-0.4, -0.2) is 50.2 Å². The van der Waals surface area contributed by atoms with E-state index in [4.69, 9.17) is 13.9 Å². The summed E-state index contributed by atoms with van der Waals surface area (Å²) in [6.45, 7) is 9.72. The van der Waals surface area contributed by atoms with E-state index in [9.17, 15) is 15.9 Å². The van der Waals surface area contributed by atoms with E-state index in [0.29, 0.717) is 0 Å². The third-order valence-electron chi connectivity index (χ3n) is 6.07. The van der Waals surface area contributed by atoms with Crippen molar-refractivity contribution in [3.05, 3.63) is 71.1 Å². The van der Waals surface area contributed by atoms with E-state index in [-0.39, 0.29) is 11.6 Å². The maximum absolute atomic E-state index is 11.1. The molecule has 0 amide bonds. The number of hydrogen-bond acceptors (Lipinski definition) is 6. The highest BCUT2D eigenvalue weighted by molar-refractivity contribution is 6.99. The van der Waals surface area contributed by atoms with Crippen LogP contribution in [0.5, 0.6) is 0 Å². The van der Waals surface area contributed by atoms with E-state index >= 15 is 0 Å². The van der Waals surface area contributed by atoms with Crippen molar-refractivity contribution in [3.63, 3.8) is 0 Å². The molecule has 0 spiro atoms. The van der Waals surface area contributed by atoms with Gasteiger partial charge in [-0.2, -0.15) is 5.26 Å². The summed E-state index contributed by atoms with van der Waals surface area (Å²) in [7, 11) is -2.91. The molecule has 1 heterocycles. The topological polar surface area (TPSA) is 120 Å². The number of nitriles is 1. The molecular weight excluding hydrogens is 448 g/mol. The lowest BCUT2D eigenvalue weighted by molar-refractivity contribution is -0.155. The SMILES string of the molecule is CC1(C)O[C@@H]([C@H](O)[C@@H](CO[Si](c2ccccc2)(c2ccccc2)C(C)(C)C)N=[N+]=[N-])[C@@H](C#N)O1. The van der Waals surface area contributed by atoms with E-state index < -0.39 is 38.5 Å². The van der Waals surface area contributed by atoms with Crippen molar-refractivity contribution in [2.45, 2.75) is 69.8 Å². The Balaban J connectivity index is 2.01. The zero-order valence-electron chi connectivity index (χ0n) is 20.3. The standard InChI is InChI=1S/C25H32N4O4Si/c1-24(2,3)34(18-12-8-6-9-13-18,19-14-10-7-11-15-19)31-17-20(28-29-27)22(30)23-21(16-26)32-25(4,5)33-23/h6-15,20-23,30H,17H2,1-5H3/t20-,21-,22-,23-/m1/s1. The molecule has 0 unspecified atom stereocenters. The number of ether oxygens (including phenoxy) is 2. The third-order valence-corrected chi connectivity index (χ3v) is 11.1. The fraction of sp³-hybridized carbons (Fsp3) is 0.480. The molecule has 2 aromatic carbocycles. The summed E-state index contributed by atoms with van der Waals surface area (Å²) in [4.78, 5) is 2.95. The van der Waals surface area contributed by atoms with Crippen molar-refractivity contribution >= 4 is 18.7 Å². The van der Waals surface area contributed by atoms with E-state index in [1.54, 1.807) is 13.8 Å². The van der Waals surface area contributed by atoms with Gasteiger partial charge in [0, 0.05) is 11.5 Å². The predicted octanol–water partition coefficient (Wildman–Crippen LogP) is 3.65. The summed E-state index contributed by atoms with van der Waals surface area (Å²) in [6, 6.07) is 21.1.